The zero-order chi connectivity index (χ0) is 22.3. The van der Waals surface area contributed by atoms with Crippen LogP contribution in [0.3, 0.4) is 0 Å². The molecule has 0 spiro atoms. The summed E-state index contributed by atoms with van der Waals surface area (Å²) in [5, 5.41) is 9.57. The van der Waals surface area contributed by atoms with Crippen LogP contribution in [-0.2, 0) is 0 Å². The van der Waals surface area contributed by atoms with Gasteiger partial charge in [0.05, 0.1) is 32.5 Å². The van der Waals surface area contributed by atoms with Crippen molar-refractivity contribution in [2.75, 3.05) is 19.4 Å². The summed E-state index contributed by atoms with van der Waals surface area (Å²) in [6, 6.07) is 12.9. The first kappa shape index (κ1) is 21.6. The number of amides is 2. The number of carbonyl (C=O) groups is 2. The summed E-state index contributed by atoms with van der Waals surface area (Å²) in [6.07, 6.45) is 0. The van der Waals surface area contributed by atoms with Crippen molar-refractivity contribution >= 4 is 58.2 Å². The molecule has 0 aromatic heterocycles. The van der Waals surface area contributed by atoms with Gasteiger partial charge in [-0.25, -0.2) is 0 Å². The normalized spacial score (nSPS) is 11.8. The van der Waals surface area contributed by atoms with Gasteiger partial charge in [0.2, 0.25) is 0 Å². The van der Waals surface area contributed by atoms with Crippen LogP contribution in [0.2, 0.25) is 10.0 Å². The standard InChI is InChI=1S/C23H19Cl2N3O2S/c1-11-17(22(29)26-2)18(12-8-9-13(24)14(25)10-12)19(23(30)27-3)20-21(11)31-16-7-5-4-6-15(16)28-20/h4-10,28H,1-3H3,(H,26,29)(H,27,30). The smallest absolute Gasteiger partial charge is 0.253 e. The minimum absolute atomic E-state index is 0.286. The monoisotopic (exact) mass is 471 g/mol. The van der Waals surface area contributed by atoms with E-state index in [1.165, 1.54) is 11.8 Å². The van der Waals surface area contributed by atoms with Crippen LogP contribution in [0.15, 0.2) is 52.3 Å². The van der Waals surface area contributed by atoms with Gasteiger partial charge in [-0.1, -0.05) is 53.2 Å². The number of benzene rings is 3. The fraction of sp³-hybridized carbons (Fsp3) is 0.130. The highest BCUT2D eigenvalue weighted by atomic mass is 35.5. The second-order valence-electron chi connectivity index (χ2n) is 6.96. The maximum Gasteiger partial charge on any atom is 0.253 e. The topological polar surface area (TPSA) is 70.2 Å². The maximum atomic E-state index is 13.2. The van der Waals surface area contributed by atoms with Crippen molar-refractivity contribution in [2.24, 2.45) is 0 Å². The van der Waals surface area contributed by atoms with Gasteiger partial charge in [0.25, 0.3) is 11.8 Å². The number of fused-ring (bicyclic) bond motifs is 2. The molecule has 0 radical (unpaired) electrons. The molecule has 4 rings (SSSR count). The van der Waals surface area contributed by atoms with Crippen molar-refractivity contribution in [1.82, 2.24) is 10.6 Å². The number of nitrogens with one attached hydrogen (secondary N) is 3. The molecule has 1 aliphatic rings. The van der Waals surface area contributed by atoms with E-state index in [1.54, 1.807) is 32.3 Å². The summed E-state index contributed by atoms with van der Waals surface area (Å²) in [5.74, 6) is -0.596. The van der Waals surface area contributed by atoms with E-state index >= 15 is 0 Å². The lowest BCUT2D eigenvalue weighted by Crippen LogP contribution is -2.26. The predicted molar refractivity (Wildman–Crippen MR) is 127 cm³/mol. The Labute approximate surface area is 194 Å². The second-order valence-corrected chi connectivity index (χ2v) is 8.83. The summed E-state index contributed by atoms with van der Waals surface area (Å²) in [7, 11) is 3.14. The summed E-state index contributed by atoms with van der Waals surface area (Å²) in [5.41, 5.74) is 4.26. The lowest BCUT2D eigenvalue weighted by Gasteiger charge is -2.28. The van der Waals surface area contributed by atoms with Gasteiger partial charge in [-0.05, 0) is 42.3 Å². The average molecular weight is 472 g/mol. The third-order valence-electron chi connectivity index (χ3n) is 5.17. The van der Waals surface area contributed by atoms with E-state index < -0.39 is 0 Å². The molecule has 0 saturated carbocycles. The number of rotatable bonds is 3. The van der Waals surface area contributed by atoms with Gasteiger partial charge in [-0.2, -0.15) is 0 Å². The largest absolute Gasteiger partial charge is 0.355 e. The lowest BCUT2D eigenvalue weighted by atomic mass is 9.88. The van der Waals surface area contributed by atoms with Crippen molar-refractivity contribution in [2.45, 2.75) is 16.7 Å². The first-order valence-corrected chi connectivity index (χ1v) is 11.1. The number of para-hydroxylation sites is 1. The SMILES string of the molecule is CNC(=O)c1c(C)c2c(c(C(=O)NC)c1-c1ccc(Cl)c(Cl)c1)Nc1ccccc1S2. The second kappa shape index (κ2) is 8.46. The maximum absolute atomic E-state index is 13.2. The molecule has 0 aliphatic carbocycles. The molecule has 31 heavy (non-hydrogen) atoms. The van der Waals surface area contributed by atoms with Crippen molar-refractivity contribution in [3.05, 3.63) is 69.2 Å². The summed E-state index contributed by atoms with van der Waals surface area (Å²) in [4.78, 5) is 28.1. The molecule has 3 aromatic rings. The van der Waals surface area contributed by atoms with Gasteiger partial charge in [-0.3, -0.25) is 9.59 Å². The fourth-order valence-electron chi connectivity index (χ4n) is 3.70. The predicted octanol–water partition coefficient (Wildman–Crippen LogP) is 5.90. The van der Waals surface area contributed by atoms with Crippen LogP contribution in [0.4, 0.5) is 11.4 Å². The highest BCUT2D eigenvalue weighted by Gasteiger charge is 2.32. The Balaban J connectivity index is 2.12. The molecule has 0 bridgehead atoms. The number of hydrogen-bond donors (Lipinski definition) is 3. The first-order chi connectivity index (χ1) is 14.9. The number of hydrogen-bond acceptors (Lipinski definition) is 4. The zero-order valence-corrected chi connectivity index (χ0v) is 19.4. The third-order valence-corrected chi connectivity index (χ3v) is 7.20. The van der Waals surface area contributed by atoms with E-state index in [9.17, 15) is 9.59 Å². The van der Waals surface area contributed by atoms with Crippen LogP contribution < -0.4 is 16.0 Å². The van der Waals surface area contributed by atoms with E-state index in [4.69, 9.17) is 23.2 Å². The molecule has 5 nitrogen and oxygen atoms in total. The van der Waals surface area contributed by atoms with Crippen LogP contribution >= 0.6 is 35.0 Å². The molecule has 3 aromatic carbocycles. The third kappa shape index (κ3) is 3.65. The van der Waals surface area contributed by atoms with Crippen molar-refractivity contribution < 1.29 is 9.59 Å². The molecular formula is C23H19Cl2N3O2S. The van der Waals surface area contributed by atoms with Gasteiger partial charge in [0, 0.05) is 29.4 Å². The van der Waals surface area contributed by atoms with Crippen molar-refractivity contribution in [1.29, 1.82) is 0 Å². The quantitative estimate of drug-likeness (QED) is 0.348. The highest BCUT2D eigenvalue weighted by Crippen LogP contribution is 2.51. The van der Waals surface area contributed by atoms with Gasteiger partial charge in [0.15, 0.2) is 0 Å². The molecule has 2 amide bonds. The molecule has 0 atom stereocenters. The number of halogens is 2. The molecule has 0 unspecified atom stereocenters. The van der Waals surface area contributed by atoms with Gasteiger partial charge < -0.3 is 16.0 Å². The zero-order valence-electron chi connectivity index (χ0n) is 17.0. The van der Waals surface area contributed by atoms with Crippen molar-refractivity contribution in [3.63, 3.8) is 0 Å². The fourth-order valence-corrected chi connectivity index (χ4v) is 5.11. The Morgan fingerprint density at radius 2 is 1.61 bits per heavy atom. The minimum Gasteiger partial charge on any atom is -0.355 e. The number of anilines is 2. The van der Waals surface area contributed by atoms with E-state index in [0.717, 1.165) is 21.0 Å². The molecule has 8 heteroatoms. The van der Waals surface area contributed by atoms with Crippen LogP contribution in [-0.4, -0.2) is 25.9 Å². The Morgan fingerprint density at radius 1 is 0.935 bits per heavy atom. The van der Waals surface area contributed by atoms with Gasteiger partial charge in [-0.15, -0.1) is 0 Å². The Hall–Kier alpha value is -2.67. The molecule has 0 saturated heterocycles. The average Bonchev–Trinajstić information content (AvgIpc) is 2.78. The van der Waals surface area contributed by atoms with Gasteiger partial charge >= 0.3 is 0 Å². The highest BCUT2D eigenvalue weighted by molar-refractivity contribution is 7.99. The molecule has 1 aliphatic heterocycles. The first-order valence-electron chi connectivity index (χ1n) is 9.51. The van der Waals surface area contributed by atoms with Crippen LogP contribution in [0.5, 0.6) is 0 Å². The lowest BCUT2D eigenvalue weighted by molar-refractivity contribution is 0.0962. The molecule has 158 valence electrons. The summed E-state index contributed by atoms with van der Waals surface area (Å²) in [6.45, 7) is 1.89. The summed E-state index contributed by atoms with van der Waals surface area (Å²) < 4.78 is 0. The Morgan fingerprint density at radius 3 is 2.29 bits per heavy atom. The van der Waals surface area contributed by atoms with E-state index in [2.05, 4.69) is 16.0 Å². The van der Waals surface area contributed by atoms with Crippen LogP contribution in [0, 0.1) is 6.92 Å². The van der Waals surface area contributed by atoms with E-state index in [1.807, 2.05) is 31.2 Å². The van der Waals surface area contributed by atoms with Crippen LogP contribution in [0.1, 0.15) is 26.3 Å². The molecular weight excluding hydrogens is 453 g/mol. The minimum atomic E-state index is -0.310. The van der Waals surface area contributed by atoms with E-state index in [-0.39, 0.29) is 11.8 Å². The van der Waals surface area contributed by atoms with Crippen molar-refractivity contribution in [3.8, 4) is 11.1 Å². The number of carbonyl (C=O) groups excluding carboxylic acids is 2. The van der Waals surface area contributed by atoms with Gasteiger partial charge in [0.1, 0.15) is 0 Å². The Bertz CT molecular complexity index is 1240. The Kier molecular flexibility index (Phi) is 5.88. The summed E-state index contributed by atoms with van der Waals surface area (Å²) >= 11 is 13.9. The van der Waals surface area contributed by atoms with Crippen LogP contribution in [0.25, 0.3) is 11.1 Å². The van der Waals surface area contributed by atoms with E-state index in [0.29, 0.717) is 38.0 Å². The molecule has 1 heterocycles. The molecule has 3 N–H and O–H groups in total. The molecule has 0 fully saturated rings.